The number of aromatic nitrogens is 2. The molecule has 0 aliphatic carbocycles. The minimum Gasteiger partial charge on any atom is -0.334 e. The topological polar surface area (TPSA) is 71.3 Å². The highest BCUT2D eigenvalue weighted by molar-refractivity contribution is 6.30. The fourth-order valence-corrected chi connectivity index (χ4v) is 3.85. The van der Waals surface area contributed by atoms with Crippen LogP contribution < -0.4 is 5.32 Å². The van der Waals surface area contributed by atoms with E-state index in [1.165, 1.54) is 0 Å². The van der Waals surface area contributed by atoms with E-state index in [0.717, 1.165) is 22.4 Å². The number of hydrogen-bond donors (Lipinski definition) is 1. The predicted octanol–water partition coefficient (Wildman–Crippen LogP) is 6.20. The van der Waals surface area contributed by atoms with Gasteiger partial charge in [-0.3, -0.25) is 4.90 Å². The monoisotopic (exact) mass is 456 g/mol. The molecule has 1 aliphatic rings. The molecule has 0 spiro atoms. The van der Waals surface area contributed by atoms with Gasteiger partial charge in [0.15, 0.2) is 0 Å². The smallest absolute Gasteiger partial charge is 0.322 e. The van der Waals surface area contributed by atoms with Crippen LogP contribution in [0, 0.1) is 5.92 Å². The van der Waals surface area contributed by atoms with E-state index < -0.39 is 6.04 Å². The summed E-state index contributed by atoms with van der Waals surface area (Å²) in [6.07, 6.45) is 0. The molecular weight excluding hydrogens is 435 g/mol. The summed E-state index contributed by atoms with van der Waals surface area (Å²) in [6, 6.07) is 14.0. The first-order valence-corrected chi connectivity index (χ1v) is 10.7. The van der Waals surface area contributed by atoms with Crippen LogP contribution in [0.1, 0.15) is 38.3 Å². The number of carbonyl (C=O) groups is 1. The molecule has 6 nitrogen and oxygen atoms in total. The van der Waals surface area contributed by atoms with Crippen LogP contribution in [0.4, 0.5) is 4.79 Å². The van der Waals surface area contributed by atoms with Crippen molar-refractivity contribution >= 4 is 34.8 Å². The van der Waals surface area contributed by atoms with Gasteiger partial charge in [-0.05, 0) is 54.8 Å². The highest BCUT2D eigenvalue weighted by atomic mass is 35.5. The van der Waals surface area contributed by atoms with Gasteiger partial charge in [0.2, 0.25) is 5.82 Å². The quantitative estimate of drug-likeness (QED) is 0.496. The van der Waals surface area contributed by atoms with Crippen LogP contribution in [-0.2, 0) is 0 Å². The number of nitrogens with zero attached hydrogens (tertiary/aromatic N) is 3. The van der Waals surface area contributed by atoms with Crippen molar-refractivity contribution in [2.75, 3.05) is 6.54 Å². The third kappa shape index (κ3) is 4.45. The van der Waals surface area contributed by atoms with Crippen LogP contribution in [0.2, 0.25) is 10.0 Å². The molecule has 0 saturated heterocycles. The maximum atomic E-state index is 12.9. The lowest BCUT2D eigenvalue weighted by Gasteiger charge is -2.36. The lowest BCUT2D eigenvalue weighted by Crippen LogP contribution is -2.47. The average molecular weight is 457 g/mol. The molecule has 2 aromatic carbocycles. The fraction of sp³-hybridized carbons (Fsp3) is 0.261. The van der Waals surface area contributed by atoms with Gasteiger partial charge in [-0.2, -0.15) is 4.98 Å². The van der Waals surface area contributed by atoms with Crippen molar-refractivity contribution in [1.29, 1.82) is 0 Å². The predicted molar refractivity (Wildman–Crippen MR) is 122 cm³/mol. The highest BCUT2D eigenvalue weighted by Crippen LogP contribution is 2.37. The van der Waals surface area contributed by atoms with Gasteiger partial charge in [-0.25, -0.2) is 4.79 Å². The van der Waals surface area contributed by atoms with Crippen molar-refractivity contribution in [3.63, 3.8) is 0 Å². The van der Waals surface area contributed by atoms with Gasteiger partial charge in [-0.15, -0.1) is 0 Å². The summed E-state index contributed by atoms with van der Waals surface area (Å²) in [5, 5.41) is 8.50. The highest BCUT2D eigenvalue weighted by Gasteiger charge is 2.35. The molecule has 2 amide bonds. The maximum absolute atomic E-state index is 12.9. The third-order valence-corrected chi connectivity index (χ3v) is 5.61. The molecule has 0 saturated carbocycles. The second kappa shape index (κ2) is 8.73. The molecule has 1 unspecified atom stereocenters. The van der Waals surface area contributed by atoms with Gasteiger partial charge in [0.05, 0.1) is 11.6 Å². The number of amides is 2. The zero-order valence-corrected chi connectivity index (χ0v) is 18.9. The molecule has 2 heterocycles. The Morgan fingerprint density at radius 3 is 2.29 bits per heavy atom. The summed E-state index contributed by atoms with van der Waals surface area (Å²) >= 11 is 12.1. The van der Waals surface area contributed by atoms with Crippen molar-refractivity contribution < 1.29 is 9.32 Å². The van der Waals surface area contributed by atoms with Crippen LogP contribution in [0.3, 0.4) is 0 Å². The standard InChI is InChI=1S/C23H22Cl2N4O2/c1-13(2)12-29-14(3)19(20(26-23(29)30)15-4-8-17(24)9-5-15)22-27-21(28-31-22)16-6-10-18(25)11-7-16/h4-11,13,20H,12H2,1-3H3,(H,26,30). The van der Waals surface area contributed by atoms with Crippen molar-refractivity contribution in [2.24, 2.45) is 5.92 Å². The Bertz CT molecular complexity index is 1120. The van der Waals surface area contributed by atoms with E-state index in [4.69, 9.17) is 27.7 Å². The Balaban J connectivity index is 1.80. The summed E-state index contributed by atoms with van der Waals surface area (Å²) in [6.45, 7) is 6.62. The van der Waals surface area contributed by atoms with Gasteiger partial charge in [0, 0.05) is 27.9 Å². The van der Waals surface area contributed by atoms with Gasteiger partial charge in [-0.1, -0.05) is 54.3 Å². The van der Waals surface area contributed by atoms with Crippen molar-refractivity contribution in [1.82, 2.24) is 20.4 Å². The van der Waals surface area contributed by atoms with Crippen LogP contribution >= 0.6 is 23.2 Å². The summed E-state index contributed by atoms with van der Waals surface area (Å²) in [5.41, 5.74) is 3.21. The van der Waals surface area contributed by atoms with Crippen LogP contribution in [0.15, 0.2) is 58.8 Å². The molecule has 1 atom stereocenters. The van der Waals surface area contributed by atoms with Crippen LogP contribution in [0.25, 0.3) is 17.0 Å². The van der Waals surface area contributed by atoms with E-state index in [0.29, 0.717) is 34.2 Å². The number of benzene rings is 2. The molecule has 0 fully saturated rings. The Morgan fingerprint density at radius 2 is 1.68 bits per heavy atom. The molecule has 0 radical (unpaired) electrons. The van der Waals surface area contributed by atoms with E-state index in [1.54, 1.807) is 29.2 Å². The summed E-state index contributed by atoms with van der Waals surface area (Å²) in [5.74, 6) is 1.10. The molecule has 31 heavy (non-hydrogen) atoms. The Morgan fingerprint density at radius 1 is 1.06 bits per heavy atom. The zero-order chi connectivity index (χ0) is 22.1. The van der Waals surface area contributed by atoms with Crippen LogP contribution in [0.5, 0.6) is 0 Å². The average Bonchev–Trinajstić information content (AvgIpc) is 3.21. The Hall–Kier alpha value is -2.83. The summed E-state index contributed by atoms with van der Waals surface area (Å²) < 4.78 is 5.67. The summed E-state index contributed by atoms with van der Waals surface area (Å²) in [7, 11) is 0. The first-order valence-electron chi connectivity index (χ1n) is 9.97. The first-order chi connectivity index (χ1) is 14.8. The van der Waals surface area contributed by atoms with Crippen molar-refractivity contribution in [2.45, 2.75) is 26.8 Å². The largest absolute Gasteiger partial charge is 0.334 e. The number of hydrogen-bond acceptors (Lipinski definition) is 4. The lowest BCUT2D eigenvalue weighted by atomic mass is 9.94. The number of rotatable bonds is 5. The van der Waals surface area contributed by atoms with E-state index in [-0.39, 0.29) is 6.03 Å². The molecule has 1 aromatic heterocycles. The Labute approximate surface area is 190 Å². The van der Waals surface area contributed by atoms with Crippen LogP contribution in [-0.4, -0.2) is 27.6 Å². The molecule has 1 aliphatic heterocycles. The van der Waals surface area contributed by atoms with Gasteiger partial charge < -0.3 is 9.84 Å². The minimum absolute atomic E-state index is 0.160. The second-order valence-corrected chi connectivity index (χ2v) is 8.74. The molecule has 1 N–H and O–H groups in total. The molecule has 160 valence electrons. The Kier molecular flexibility index (Phi) is 6.03. The van der Waals surface area contributed by atoms with Gasteiger partial charge in [0.1, 0.15) is 0 Å². The van der Waals surface area contributed by atoms with Crippen molar-refractivity contribution in [3.8, 4) is 11.4 Å². The minimum atomic E-state index is -0.438. The number of nitrogens with one attached hydrogen (secondary N) is 1. The van der Waals surface area contributed by atoms with Crippen molar-refractivity contribution in [3.05, 3.63) is 75.7 Å². The lowest BCUT2D eigenvalue weighted by molar-refractivity contribution is 0.199. The molecule has 4 rings (SSSR count). The normalized spacial score (nSPS) is 16.8. The first kappa shape index (κ1) is 21.4. The number of allylic oxidation sites excluding steroid dienone is 1. The fourth-order valence-electron chi connectivity index (χ4n) is 3.60. The number of carbonyl (C=O) groups excluding carboxylic acids is 1. The third-order valence-electron chi connectivity index (χ3n) is 5.11. The van der Waals surface area contributed by atoms with Gasteiger partial charge >= 0.3 is 6.03 Å². The SMILES string of the molecule is CC1=C(c2nc(-c3ccc(Cl)cc3)no2)C(c2ccc(Cl)cc2)NC(=O)N1CC(C)C. The van der Waals surface area contributed by atoms with E-state index in [2.05, 4.69) is 29.3 Å². The number of urea groups is 1. The molecule has 0 bridgehead atoms. The molecule has 8 heteroatoms. The van der Waals surface area contributed by atoms with Gasteiger partial charge in [0.25, 0.3) is 5.89 Å². The summed E-state index contributed by atoms with van der Waals surface area (Å²) in [4.78, 5) is 19.3. The van der Waals surface area contributed by atoms with E-state index in [1.807, 2.05) is 31.2 Å². The van der Waals surface area contributed by atoms with E-state index >= 15 is 0 Å². The van der Waals surface area contributed by atoms with E-state index in [9.17, 15) is 4.79 Å². The molecular formula is C23H22Cl2N4O2. The second-order valence-electron chi connectivity index (χ2n) is 7.87. The maximum Gasteiger partial charge on any atom is 0.322 e. The molecule has 3 aromatic rings. The number of halogens is 2. The zero-order valence-electron chi connectivity index (χ0n) is 17.4.